The zero-order valence-corrected chi connectivity index (χ0v) is 20.2. The van der Waals surface area contributed by atoms with Crippen molar-refractivity contribution in [2.24, 2.45) is 5.41 Å². The highest BCUT2D eigenvalue weighted by Crippen LogP contribution is 2.30. The largest absolute Gasteiger partial charge is 0.504 e. The van der Waals surface area contributed by atoms with E-state index in [1.54, 1.807) is 6.92 Å². The summed E-state index contributed by atoms with van der Waals surface area (Å²) in [6, 6.07) is 11.6. The standard InChI is InChI=1S/C26H27N3O9/c1-26(11-27-23(36)14-5-2-8-17(30)20(14)33,12-28-24(37)15-6-3-9-18(31)21(15)34)13-29-25(38)16-7-4-10-19(32)22(16)35/h2-10,30-35H,11-13H2,1H3,(H,27,36)(H,28,37)(H,29,38). The Hall–Kier alpha value is -5.13. The molecule has 9 N–H and O–H groups in total. The normalized spacial score (nSPS) is 11.0. The van der Waals surface area contributed by atoms with E-state index < -0.39 is 57.6 Å². The second kappa shape index (κ2) is 11.3. The van der Waals surface area contributed by atoms with Crippen LogP contribution in [0.4, 0.5) is 0 Å². The highest BCUT2D eigenvalue weighted by molar-refractivity contribution is 5.99. The molecule has 3 aromatic carbocycles. The Morgan fingerprint density at radius 1 is 0.553 bits per heavy atom. The average Bonchev–Trinajstić information content (AvgIpc) is 2.89. The molecule has 12 heteroatoms. The predicted octanol–water partition coefficient (Wildman–Crippen LogP) is 1.52. The first-order valence-electron chi connectivity index (χ1n) is 11.3. The van der Waals surface area contributed by atoms with Crippen LogP contribution < -0.4 is 16.0 Å². The number of carbonyl (C=O) groups excluding carboxylic acids is 3. The van der Waals surface area contributed by atoms with Gasteiger partial charge in [0.25, 0.3) is 17.7 Å². The summed E-state index contributed by atoms with van der Waals surface area (Å²) in [6.07, 6.45) is 0. The van der Waals surface area contributed by atoms with Gasteiger partial charge in [0.2, 0.25) is 0 Å². The second-order valence-corrected chi connectivity index (χ2v) is 8.88. The number of hydrogen-bond acceptors (Lipinski definition) is 9. The molecule has 3 aromatic rings. The zero-order valence-electron chi connectivity index (χ0n) is 20.2. The van der Waals surface area contributed by atoms with Gasteiger partial charge in [-0.2, -0.15) is 0 Å². The number of amides is 3. The van der Waals surface area contributed by atoms with Crippen molar-refractivity contribution >= 4 is 17.7 Å². The van der Waals surface area contributed by atoms with Crippen molar-refractivity contribution < 1.29 is 45.0 Å². The van der Waals surface area contributed by atoms with Gasteiger partial charge in [-0.25, -0.2) is 0 Å². The van der Waals surface area contributed by atoms with Crippen molar-refractivity contribution in [3.8, 4) is 34.5 Å². The Kier molecular flexibility index (Phi) is 8.16. The van der Waals surface area contributed by atoms with Gasteiger partial charge in [-0.15, -0.1) is 0 Å². The summed E-state index contributed by atoms with van der Waals surface area (Å²) in [4.78, 5) is 38.0. The quantitative estimate of drug-likeness (QED) is 0.185. The van der Waals surface area contributed by atoms with Crippen LogP contribution in [0.2, 0.25) is 0 Å². The maximum absolute atomic E-state index is 12.7. The SMILES string of the molecule is CC(CNC(=O)c1cccc(O)c1O)(CNC(=O)c1cccc(O)c1O)CNC(=O)c1cccc(O)c1O. The molecule has 0 atom stereocenters. The van der Waals surface area contributed by atoms with E-state index in [9.17, 15) is 45.0 Å². The molecule has 0 unspecified atom stereocenters. The molecule has 0 aliphatic rings. The van der Waals surface area contributed by atoms with Crippen LogP contribution in [-0.4, -0.2) is 68.0 Å². The van der Waals surface area contributed by atoms with E-state index in [4.69, 9.17) is 0 Å². The first-order valence-corrected chi connectivity index (χ1v) is 11.3. The van der Waals surface area contributed by atoms with Crippen LogP contribution in [0.15, 0.2) is 54.6 Å². The fraction of sp³-hybridized carbons (Fsp3) is 0.192. The van der Waals surface area contributed by atoms with Crippen molar-refractivity contribution in [2.45, 2.75) is 6.92 Å². The first-order chi connectivity index (χ1) is 17.9. The lowest BCUT2D eigenvalue weighted by Crippen LogP contribution is -2.50. The van der Waals surface area contributed by atoms with Crippen molar-refractivity contribution in [3.05, 3.63) is 71.3 Å². The van der Waals surface area contributed by atoms with Crippen LogP contribution in [0.3, 0.4) is 0 Å². The van der Waals surface area contributed by atoms with Gasteiger partial charge < -0.3 is 46.6 Å². The second-order valence-electron chi connectivity index (χ2n) is 8.88. The van der Waals surface area contributed by atoms with E-state index in [2.05, 4.69) is 16.0 Å². The van der Waals surface area contributed by atoms with Crippen LogP contribution >= 0.6 is 0 Å². The Morgan fingerprint density at radius 3 is 1.08 bits per heavy atom. The number of carbonyl (C=O) groups is 3. The Balaban J connectivity index is 1.78. The minimum Gasteiger partial charge on any atom is -0.504 e. The van der Waals surface area contributed by atoms with Gasteiger partial charge in [0.1, 0.15) is 0 Å². The number of phenols is 6. The Bertz CT molecular complexity index is 1210. The molecule has 0 saturated heterocycles. The van der Waals surface area contributed by atoms with E-state index in [0.29, 0.717) is 0 Å². The molecule has 0 heterocycles. The maximum atomic E-state index is 12.7. The molecule has 38 heavy (non-hydrogen) atoms. The lowest BCUT2D eigenvalue weighted by molar-refractivity contribution is 0.0893. The number of rotatable bonds is 9. The topological polar surface area (TPSA) is 209 Å². The van der Waals surface area contributed by atoms with Crippen LogP contribution in [-0.2, 0) is 0 Å². The number of nitrogens with one attached hydrogen (secondary N) is 3. The highest BCUT2D eigenvalue weighted by atomic mass is 16.3. The molecular weight excluding hydrogens is 498 g/mol. The lowest BCUT2D eigenvalue weighted by atomic mass is 9.89. The molecule has 0 fully saturated rings. The van der Waals surface area contributed by atoms with Crippen LogP contribution in [0.5, 0.6) is 34.5 Å². The van der Waals surface area contributed by atoms with E-state index in [1.165, 1.54) is 54.6 Å². The van der Waals surface area contributed by atoms with E-state index in [1.807, 2.05) is 0 Å². The summed E-state index contributed by atoms with van der Waals surface area (Å²) >= 11 is 0. The smallest absolute Gasteiger partial charge is 0.255 e. The third kappa shape index (κ3) is 6.16. The molecule has 0 spiro atoms. The molecule has 0 aliphatic heterocycles. The molecule has 0 aromatic heterocycles. The Labute approximate surface area is 216 Å². The predicted molar refractivity (Wildman–Crippen MR) is 134 cm³/mol. The molecule has 0 radical (unpaired) electrons. The fourth-order valence-electron chi connectivity index (χ4n) is 3.50. The summed E-state index contributed by atoms with van der Waals surface area (Å²) < 4.78 is 0. The molecule has 3 amide bonds. The van der Waals surface area contributed by atoms with Crippen molar-refractivity contribution in [2.75, 3.05) is 19.6 Å². The molecule has 0 saturated carbocycles. The number of benzene rings is 3. The summed E-state index contributed by atoms with van der Waals surface area (Å²) in [5.41, 5.74) is -1.67. The van der Waals surface area contributed by atoms with Crippen molar-refractivity contribution in [1.29, 1.82) is 0 Å². The summed E-state index contributed by atoms with van der Waals surface area (Å²) in [5.74, 6) is -5.54. The molecule has 12 nitrogen and oxygen atoms in total. The lowest BCUT2D eigenvalue weighted by Gasteiger charge is -2.30. The minimum atomic E-state index is -1.08. The van der Waals surface area contributed by atoms with E-state index >= 15 is 0 Å². The number of aromatic hydroxyl groups is 6. The monoisotopic (exact) mass is 525 g/mol. The molecule has 3 rings (SSSR count). The van der Waals surface area contributed by atoms with Gasteiger partial charge in [-0.1, -0.05) is 25.1 Å². The van der Waals surface area contributed by atoms with Crippen LogP contribution in [0.25, 0.3) is 0 Å². The first kappa shape index (κ1) is 27.5. The fourth-order valence-corrected chi connectivity index (χ4v) is 3.50. The number of para-hydroxylation sites is 3. The van der Waals surface area contributed by atoms with Crippen molar-refractivity contribution in [1.82, 2.24) is 16.0 Å². The highest BCUT2D eigenvalue weighted by Gasteiger charge is 2.29. The third-order valence-electron chi connectivity index (χ3n) is 5.81. The van der Waals surface area contributed by atoms with E-state index in [0.717, 1.165) is 0 Å². The van der Waals surface area contributed by atoms with Gasteiger partial charge in [-0.05, 0) is 36.4 Å². The zero-order chi connectivity index (χ0) is 28.0. The van der Waals surface area contributed by atoms with Crippen molar-refractivity contribution in [3.63, 3.8) is 0 Å². The minimum absolute atomic E-state index is 0.153. The number of hydrogen-bond donors (Lipinski definition) is 9. The summed E-state index contributed by atoms with van der Waals surface area (Å²) in [7, 11) is 0. The maximum Gasteiger partial charge on any atom is 0.255 e. The number of phenolic OH excluding ortho intramolecular Hbond substituents is 6. The van der Waals surface area contributed by atoms with Gasteiger partial charge in [0, 0.05) is 25.0 Å². The molecule has 200 valence electrons. The van der Waals surface area contributed by atoms with Gasteiger partial charge in [0.15, 0.2) is 34.5 Å². The van der Waals surface area contributed by atoms with Gasteiger partial charge in [0.05, 0.1) is 16.7 Å². The molecule has 0 aliphatic carbocycles. The Morgan fingerprint density at radius 2 is 0.816 bits per heavy atom. The van der Waals surface area contributed by atoms with Gasteiger partial charge >= 0.3 is 0 Å². The summed E-state index contributed by atoms with van der Waals surface area (Å²) in [6.45, 7) is 1.15. The molecular formula is C26H27N3O9. The van der Waals surface area contributed by atoms with Crippen LogP contribution in [0.1, 0.15) is 38.0 Å². The van der Waals surface area contributed by atoms with Gasteiger partial charge in [-0.3, -0.25) is 14.4 Å². The third-order valence-corrected chi connectivity index (χ3v) is 5.81. The van der Waals surface area contributed by atoms with Crippen LogP contribution in [0, 0.1) is 5.41 Å². The molecule has 0 bridgehead atoms. The summed E-state index contributed by atoms with van der Waals surface area (Å²) in [5, 5.41) is 66.7. The van der Waals surface area contributed by atoms with E-state index in [-0.39, 0.29) is 36.3 Å². The average molecular weight is 526 g/mol.